The first-order chi connectivity index (χ1) is 4.04. The molecule has 0 aliphatic rings. The smallest absolute Gasteiger partial charge is 0.0322 e. The maximum atomic E-state index is 5.79. The van der Waals surface area contributed by atoms with Gasteiger partial charge >= 0.3 is 0 Å². The highest BCUT2D eigenvalue weighted by atomic mass is 35.5. The molecule has 0 rings (SSSR count). The summed E-state index contributed by atoms with van der Waals surface area (Å²) in [5, 5.41) is 0.294. The third-order valence-electron chi connectivity index (χ3n) is 1.55. The first kappa shape index (κ1) is 9.25. The molecule has 0 heterocycles. The van der Waals surface area contributed by atoms with E-state index in [0.717, 1.165) is 6.42 Å². The van der Waals surface area contributed by atoms with Crippen LogP contribution in [0, 0.1) is 0 Å². The van der Waals surface area contributed by atoms with E-state index in [2.05, 4.69) is 25.9 Å². The Morgan fingerprint density at radius 2 is 1.78 bits per heavy atom. The fourth-order valence-corrected chi connectivity index (χ4v) is 0.939. The van der Waals surface area contributed by atoms with Gasteiger partial charge in [0.25, 0.3) is 0 Å². The maximum absolute atomic E-state index is 5.79. The summed E-state index contributed by atoms with van der Waals surface area (Å²) in [4.78, 5) is 2.18. The molecule has 0 fully saturated rings. The summed E-state index contributed by atoms with van der Waals surface area (Å²) in [6, 6.07) is 0.595. The van der Waals surface area contributed by atoms with Crippen molar-refractivity contribution in [1.29, 1.82) is 0 Å². The molecule has 0 radical (unpaired) electrons. The number of nitrogens with zero attached hydrogens (tertiary/aromatic N) is 1. The lowest BCUT2D eigenvalue weighted by molar-refractivity contribution is 0.298. The second-order valence-corrected chi connectivity index (χ2v) is 3.57. The zero-order valence-corrected chi connectivity index (χ0v) is 7.44. The van der Waals surface area contributed by atoms with Gasteiger partial charge in [-0.05, 0) is 34.4 Å². The van der Waals surface area contributed by atoms with Gasteiger partial charge in [-0.2, -0.15) is 0 Å². The topological polar surface area (TPSA) is 3.24 Å². The van der Waals surface area contributed by atoms with Crippen molar-refractivity contribution in [1.82, 2.24) is 4.90 Å². The van der Waals surface area contributed by atoms with E-state index in [1.807, 2.05) is 6.92 Å². The van der Waals surface area contributed by atoms with Crippen LogP contribution >= 0.6 is 11.6 Å². The number of halogens is 1. The lowest BCUT2D eigenvalue weighted by Gasteiger charge is -2.20. The van der Waals surface area contributed by atoms with Gasteiger partial charge in [0.2, 0.25) is 0 Å². The quantitative estimate of drug-likeness (QED) is 0.555. The Morgan fingerprint density at radius 3 is 1.89 bits per heavy atom. The molecule has 2 heteroatoms. The van der Waals surface area contributed by atoms with E-state index in [4.69, 9.17) is 11.6 Å². The van der Waals surface area contributed by atoms with E-state index in [0.29, 0.717) is 11.4 Å². The Balaban J connectivity index is 3.38. The molecule has 0 aliphatic heterocycles. The Kier molecular flexibility index (Phi) is 4.24. The van der Waals surface area contributed by atoms with Crippen molar-refractivity contribution in [3.05, 3.63) is 0 Å². The Labute approximate surface area is 63.0 Å². The second kappa shape index (κ2) is 4.13. The maximum Gasteiger partial charge on any atom is 0.0322 e. The van der Waals surface area contributed by atoms with Crippen molar-refractivity contribution in [2.75, 3.05) is 14.1 Å². The minimum absolute atomic E-state index is 0.294. The van der Waals surface area contributed by atoms with E-state index >= 15 is 0 Å². The molecular weight excluding hydrogens is 134 g/mol. The Hall–Kier alpha value is 0.250. The molecule has 2 unspecified atom stereocenters. The predicted molar refractivity (Wildman–Crippen MR) is 43.1 cm³/mol. The molecule has 0 bridgehead atoms. The van der Waals surface area contributed by atoms with Crippen LogP contribution in [0.2, 0.25) is 0 Å². The molecule has 9 heavy (non-hydrogen) atoms. The van der Waals surface area contributed by atoms with Crippen LogP contribution in [-0.4, -0.2) is 30.4 Å². The first-order valence-corrected chi connectivity index (χ1v) is 3.78. The lowest BCUT2D eigenvalue weighted by atomic mass is 10.2. The molecule has 1 nitrogen and oxygen atoms in total. The van der Waals surface area contributed by atoms with Crippen molar-refractivity contribution >= 4 is 11.6 Å². The SMILES string of the molecule is CC(Cl)CC(C)N(C)C. The van der Waals surface area contributed by atoms with Gasteiger partial charge in [-0.3, -0.25) is 0 Å². The third-order valence-corrected chi connectivity index (χ3v) is 1.73. The second-order valence-electron chi connectivity index (χ2n) is 2.83. The minimum Gasteiger partial charge on any atom is -0.307 e. The highest BCUT2D eigenvalue weighted by Gasteiger charge is 2.06. The van der Waals surface area contributed by atoms with Gasteiger partial charge < -0.3 is 4.90 Å². The van der Waals surface area contributed by atoms with Gasteiger partial charge in [-0.15, -0.1) is 11.6 Å². The summed E-state index contributed by atoms with van der Waals surface area (Å²) in [7, 11) is 4.15. The van der Waals surface area contributed by atoms with Gasteiger partial charge in [0.1, 0.15) is 0 Å². The highest BCUT2D eigenvalue weighted by Crippen LogP contribution is 2.07. The van der Waals surface area contributed by atoms with E-state index in [1.165, 1.54) is 0 Å². The van der Waals surface area contributed by atoms with Crippen molar-refractivity contribution < 1.29 is 0 Å². The summed E-state index contributed by atoms with van der Waals surface area (Å²) in [5.74, 6) is 0. The van der Waals surface area contributed by atoms with Crippen molar-refractivity contribution in [3.63, 3.8) is 0 Å². The first-order valence-electron chi connectivity index (χ1n) is 3.34. The molecule has 0 aromatic heterocycles. The van der Waals surface area contributed by atoms with Crippen LogP contribution in [0.5, 0.6) is 0 Å². The number of rotatable bonds is 3. The minimum atomic E-state index is 0.294. The number of hydrogen-bond donors (Lipinski definition) is 0. The summed E-state index contributed by atoms with van der Waals surface area (Å²) < 4.78 is 0. The molecule has 0 amide bonds. The Morgan fingerprint density at radius 1 is 1.33 bits per heavy atom. The predicted octanol–water partition coefficient (Wildman–Crippen LogP) is 1.95. The van der Waals surface area contributed by atoms with E-state index in [1.54, 1.807) is 0 Å². The number of alkyl halides is 1. The van der Waals surface area contributed by atoms with E-state index in [9.17, 15) is 0 Å². The zero-order valence-electron chi connectivity index (χ0n) is 6.69. The van der Waals surface area contributed by atoms with Crippen molar-refractivity contribution in [3.8, 4) is 0 Å². The summed E-state index contributed by atoms with van der Waals surface area (Å²) in [5.41, 5.74) is 0. The monoisotopic (exact) mass is 149 g/mol. The normalized spacial score (nSPS) is 18.0. The van der Waals surface area contributed by atoms with Crippen LogP contribution in [0.1, 0.15) is 20.3 Å². The molecular formula is C7H16ClN. The van der Waals surface area contributed by atoms with Gasteiger partial charge in [0.15, 0.2) is 0 Å². The molecule has 0 saturated heterocycles. The average Bonchev–Trinajstić information content (AvgIpc) is 1.63. The van der Waals surface area contributed by atoms with Crippen LogP contribution in [-0.2, 0) is 0 Å². The van der Waals surface area contributed by atoms with Gasteiger partial charge in [-0.1, -0.05) is 0 Å². The molecule has 0 aromatic carbocycles. The zero-order chi connectivity index (χ0) is 7.44. The molecule has 0 spiro atoms. The molecule has 0 saturated carbocycles. The standard InChI is InChI=1S/C7H16ClN/c1-6(8)5-7(2)9(3)4/h6-7H,5H2,1-4H3. The van der Waals surface area contributed by atoms with Crippen LogP contribution in [0.4, 0.5) is 0 Å². The van der Waals surface area contributed by atoms with Gasteiger partial charge in [-0.25, -0.2) is 0 Å². The van der Waals surface area contributed by atoms with Crippen LogP contribution in [0.25, 0.3) is 0 Å². The molecule has 2 atom stereocenters. The molecule has 0 N–H and O–H groups in total. The Bertz CT molecular complexity index is 71.3. The summed E-state index contributed by atoms with van der Waals surface area (Å²) in [6.07, 6.45) is 1.06. The lowest BCUT2D eigenvalue weighted by Crippen LogP contribution is -2.26. The third kappa shape index (κ3) is 4.73. The molecule has 56 valence electrons. The fourth-order valence-electron chi connectivity index (χ4n) is 0.681. The van der Waals surface area contributed by atoms with E-state index < -0.39 is 0 Å². The van der Waals surface area contributed by atoms with Gasteiger partial charge in [0.05, 0.1) is 0 Å². The van der Waals surface area contributed by atoms with Crippen LogP contribution in [0.3, 0.4) is 0 Å². The van der Waals surface area contributed by atoms with Crippen molar-refractivity contribution in [2.45, 2.75) is 31.7 Å². The number of hydrogen-bond acceptors (Lipinski definition) is 1. The highest BCUT2D eigenvalue weighted by molar-refractivity contribution is 6.20. The van der Waals surface area contributed by atoms with Crippen LogP contribution < -0.4 is 0 Å². The average molecular weight is 150 g/mol. The summed E-state index contributed by atoms with van der Waals surface area (Å²) >= 11 is 5.79. The largest absolute Gasteiger partial charge is 0.307 e. The van der Waals surface area contributed by atoms with Crippen LogP contribution in [0.15, 0.2) is 0 Å². The van der Waals surface area contributed by atoms with Crippen molar-refractivity contribution in [2.24, 2.45) is 0 Å². The molecule has 0 aliphatic carbocycles. The molecule has 0 aromatic rings. The van der Waals surface area contributed by atoms with E-state index in [-0.39, 0.29) is 0 Å². The fraction of sp³-hybridized carbons (Fsp3) is 1.00. The van der Waals surface area contributed by atoms with Gasteiger partial charge in [0, 0.05) is 11.4 Å². The summed E-state index contributed by atoms with van der Waals surface area (Å²) in [6.45, 7) is 4.21.